The number of hydrogen-bond acceptors (Lipinski definition) is 1. The number of anilines is 1. The molecule has 1 amide bonds. The Bertz CT molecular complexity index is 592. The second-order valence-electron chi connectivity index (χ2n) is 5.63. The van der Waals surface area contributed by atoms with Crippen molar-refractivity contribution in [2.24, 2.45) is 5.92 Å². The number of nitrogens with one attached hydrogen (secondary N) is 1. The van der Waals surface area contributed by atoms with Gasteiger partial charge in [0.1, 0.15) is 0 Å². The van der Waals surface area contributed by atoms with E-state index in [9.17, 15) is 4.79 Å². The van der Waals surface area contributed by atoms with E-state index in [0.717, 1.165) is 23.2 Å². The van der Waals surface area contributed by atoms with E-state index in [1.807, 2.05) is 61.5 Å². The Morgan fingerprint density at radius 2 is 1.81 bits per heavy atom. The van der Waals surface area contributed by atoms with E-state index in [2.05, 4.69) is 19.2 Å². The van der Waals surface area contributed by atoms with Gasteiger partial charge in [0, 0.05) is 5.69 Å². The summed E-state index contributed by atoms with van der Waals surface area (Å²) in [5.41, 5.74) is 3.09. The predicted molar refractivity (Wildman–Crippen MR) is 88.4 cm³/mol. The molecule has 0 fully saturated rings. The van der Waals surface area contributed by atoms with E-state index in [-0.39, 0.29) is 11.8 Å². The van der Waals surface area contributed by atoms with Gasteiger partial charge in [-0.2, -0.15) is 0 Å². The molecule has 0 saturated heterocycles. The molecule has 2 unspecified atom stereocenters. The van der Waals surface area contributed by atoms with Crippen molar-refractivity contribution in [3.05, 3.63) is 65.7 Å². The van der Waals surface area contributed by atoms with E-state index in [4.69, 9.17) is 0 Å². The van der Waals surface area contributed by atoms with Gasteiger partial charge in [-0.25, -0.2) is 0 Å². The van der Waals surface area contributed by atoms with Crippen LogP contribution in [0.25, 0.3) is 0 Å². The van der Waals surface area contributed by atoms with E-state index in [0.29, 0.717) is 5.92 Å². The summed E-state index contributed by atoms with van der Waals surface area (Å²) in [5.74, 6) is 0.259. The molecule has 2 nitrogen and oxygen atoms in total. The topological polar surface area (TPSA) is 29.1 Å². The van der Waals surface area contributed by atoms with Crippen molar-refractivity contribution in [3.8, 4) is 0 Å². The molecule has 2 aromatic rings. The third-order valence-electron chi connectivity index (χ3n) is 3.94. The maximum absolute atomic E-state index is 12.7. The molecule has 2 aromatic carbocycles. The first-order valence-electron chi connectivity index (χ1n) is 7.54. The van der Waals surface area contributed by atoms with Crippen LogP contribution in [-0.2, 0) is 4.79 Å². The lowest BCUT2D eigenvalue weighted by Crippen LogP contribution is -2.26. The summed E-state index contributed by atoms with van der Waals surface area (Å²) in [6, 6.07) is 18.0. The quantitative estimate of drug-likeness (QED) is 0.841. The summed E-state index contributed by atoms with van der Waals surface area (Å²) in [5, 5.41) is 3.06. The van der Waals surface area contributed by atoms with Gasteiger partial charge in [0.05, 0.1) is 5.92 Å². The zero-order chi connectivity index (χ0) is 15.2. The number of carbonyl (C=O) groups is 1. The average molecular weight is 281 g/mol. The molecular weight excluding hydrogens is 258 g/mol. The number of hydrogen-bond donors (Lipinski definition) is 1. The summed E-state index contributed by atoms with van der Waals surface area (Å²) in [6.45, 7) is 6.28. The van der Waals surface area contributed by atoms with Gasteiger partial charge in [0.15, 0.2) is 0 Å². The predicted octanol–water partition coefficient (Wildman–Crippen LogP) is 4.76. The fourth-order valence-corrected chi connectivity index (χ4v) is 2.58. The van der Waals surface area contributed by atoms with Crippen molar-refractivity contribution < 1.29 is 4.79 Å². The normalized spacial score (nSPS) is 13.5. The van der Waals surface area contributed by atoms with Gasteiger partial charge in [0.2, 0.25) is 5.91 Å². The lowest BCUT2D eigenvalue weighted by atomic mass is 9.85. The minimum Gasteiger partial charge on any atom is -0.326 e. The summed E-state index contributed by atoms with van der Waals surface area (Å²) >= 11 is 0. The summed E-state index contributed by atoms with van der Waals surface area (Å²) in [7, 11) is 0. The van der Waals surface area contributed by atoms with Gasteiger partial charge < -0.3 is 5.32 Å². The van der Waals surface area contributed by atoms with Crippen LogP contribution in [0.2, 0.25) is 0 Å². The molecule has 0 aromatic heterocycles. The molecule has 0 aliphatic heterocycles. The van der Waals surface area contributed by atoms with E-state index >= 15 is 0 Å². The fourth-order valence-electron chi connectivity index (χ4n) is 2.58. The summed E-state index contributed by atoms with van der Waals surface area (Å²) in [6.07, 6.45) is 0.973. The first-order valence-corrected chi connectivity index (χ1v) is 7.54. The molecule has 0 saturated carbocycles. The highest BCUT2D eigenvalue weighted by Gasteiger charge is 2.25. The van der Waals surface area contributed by atoms with E-state index in [1.165, 1.54) is 0 Å². The van der Waals surface area contributed by atoms with Crippen LogP contribution in [0.5, 0.6) is 0 Å². The monoisotopic (exact) mass is 281 g/mol. The molecule has 0 radical (unpaired) electrons. The standard InChI is InChI=1S/C19H23NO/c1-4-15(3)18(16-10-6-5-7-11-16)19(21)20-17-12-8-9-14(2)13-17/h5-13,15,18H,4H2,1-3H3,(H,20,21). The van der Waals surface area contributed by atoms with Crippen LogP contribution >= 0.6 is 0 Å². The highest BCUT2D eigenvalue weighted by molar-refractivity contribution is 5.96. The largest absolute Gasteiger partial charge is 0.326 e. The molecule has 1 N–H and O–H groups in total. The summed E-state index contributed by atoms with van der Waals surface area (Å²) < 4.78 is 0. The highest BCUT2D eigenvalue weighted by atomic mass is 16.1. The molecule has 2 atom stereocenters. The average Bonchev–Trinajstić information content (AvgIpc) is 2.48. The van der Waals surface area contributed by atoms with Crippen LogP contribution in [0.4, 0.5) is 5.69 Å². The van der Waals surface area contributed by atoms with Crippen LogP contribution in [0.1, 0.15) is 37.3 Å². The maximum atomic E-state index is 12.7. The zero-order valence-corrected chi connectivity index (χ0v) is 13.0. The van der Waals surface area contributed by atoms with Gasteiger partial charge in [-0.3, -0.25) is 4.79 Å². The van der Waals surface area contributed by atoms with Crippen LogP contribution in [0, 0.1) is 12.8 Å². The summed E-state index contributed by atoms with van der Waals surface area (Å²) in [4.78, 5) is 12.7. The van der Waals surface area contributed by atoms with Gasteiger partial charge in [-0.15, -0.1) is 0 Å². The Morgan fingerprint density at radius 1 is 1.10 bits per heavy atom. The molecule has 0 bridgehead atoms. The zero-order valence-electron chi connectivity index (χ0n) is 13.0. The lowest BCUT2D eigenvalue weighted by molar-refractivity contribution is -0.118. The molecular formula is C19H23NO. The van der Waals surface area contributed by atoms with E-state index < -0.39 is 0 Å². The molecule has 110 valence electrons. The number of aryl methyl sites for hydroxylation is 1. The third-order valence-corrected chi connectivity index (χ3v) is 3.94. The molecule has 2 heteroatoms. The Labute approximate surface area is 127 Å². The highest BCUT2D eigenvalue weighted by Crippen LogP contribution is 2.28. The minimum atomic E-state index is -0.114. The minimum absolute atomic E-state index is 0.0705. The van der Waals surface area contributed by atoms with Gasteiger partial charge in [-0.05, 0) is 36.1 Å². The van der Waals surface area contributed by atoms with Crippen LogP contribution in [0.3, 0.4) is 0 Å². The Morgan fingerprint density at radius 3 is 2.43 bits per heavy atom. The molecule has 0 aliphatic rings. The van der Waals surface area contributed by atoms with Gasteiger partial charge in [0.25, 0.3) is 0 Å². The lowest BCUT2D eigenvalue weighted by Gasteiger charge is -2.23. The third kappa shape index (κ3) is 3.94. The van der Waals surface area contributed by atoms with Crippen molar-refractivity contribution in [1.82, 2.24) is 0 Å². The maximum Gasteiger partial charge on any atom is 0.232 e. The van der Waals surface area contributed by atoms with Crippen LogP contribution < -0.4 is 5.32 Å². The van der Waals surface area contributed by atoms with Gasteiger partial charge >= 0.3 is 0 Å². The second kappa shape index (κ2) is 7.07. The van der Waals surface area contributed by atoms with E-state index in [1.54, 1.807) is 0 Å². The molecule has 2 rings (SSSR count). The first-order chi connectivity index (χ1) is 10.1. The molecule has 0 aliphatic carbocycles. The number of amides is 1. The Balaban J connectivity index is 2.23. The molecule has 0 heterocycles. The number of benzene rings is 2. The first kappa shape index (κ1) is 15.3. The van der Waals surface area contributed by atoms with Gasteiger partial charge in [-0.1, -0.05) is 62.7 Å². The smallest absolute Gasteiger partial charge is 0.232 e. The Hall–Kier alpha value is -2.09. The van der Waals surface area contributed by atoms with Crippen molar-refractivity contribution in [1.29, 1.82) is 0 Å². The van der Waals surface area contributed by atoms with Crippen molar-refractivity contribution >= 4 is 11.6 Å². The Kier molecular flexibility index (Phi) is 5.15. The second-order valence-corrected chi connectivity index (χ2v) is 5.63. The van der Waals surface area contributed by atoms with Crippen LogP contribution in [0.15, 0.2) is 54.6 Å². The molecule has 21 heavy (non-hydrogen) atoms. The van der Waals surface area contributed by atoms with Crippen molar-refractivity contribution in [3.63, 3.8) is 0 Å². The van der Waals surface area contributed by atoms with Crippen LogP contribution in [-0.4, -0.2) is 5.91 Å². The number of rotatable bonds is 5. The SMILES string of the molecule is CCC(C)C(C(=O)Nc1cccc(C)c1)c1ccccc1. The number of carbonyl (C=O) groups excluding carboxylic acids is 1. The van der Waals surface area contributed by atoms with Crippen molar-refractivity contribution in [2.45, 2.75) is 33.1 Å². The van der Waals surface area contributed by atoms with Crippen molar-refractivity contribution in [2.75, 3.05) is 5.32 Å². The fraction of sp³-hybridized carbons (Fsp3) is 0.316. The molecule has 0 spiro atoms.